The van der Waals surface area contributed by atoms with E-state index >= 15 is 0 Å². The quantitative estimate of drug-likeness (QED) is 0.273. The number of hydrogen-bond acceptors (Lipinski definition) is 5. The first-order chi connectivity index (χ1) is 19.0. The molecule has 0 aliphatic rings. The fourth-order valence-corrected chi connectivity index (χ4v) is 4.51. The van der Waals surface area contributed by atoms with Gasteiger partial charge in [-0.1, -0.05) is 109 Å². The first-order valence-electron chi connectivity index (χ1n) is 12.6. The standard InChI is InChI=1S/C32H30N2O5/c1-39-32(38)28(26(22-14-6-2-7-15-22)23-16-8-3-9-17-23)34-31(37)29(35)27(24-18-10-4-11-19-24)33-30(36)25-20-12-5-13-21-25/h2-21,26-29,35H,1H3,(H,33,36)(H,34,37)/t27-,28+,29+/m0/s1. The van der Waals surface area contributed by atoms with E-state index < -0.39 is 41.9 Å². The normalized spacial score (nSPS) is 13.1. The van der Waals surface area contributed by atoms with Gasteiger partial charge in [0.25, 0.3) is 11.8 Å². The summed E-state index contributed by atoms with van der Waals surface area (Å²) in [5.41, 5.74) is 2.48. The number of ether oxygens (including phenoxy) is 1. The number of benzene rings is 4. The van der Waals surface area contributed by atoms with Crippen LogP contribution in [0.2, 0.25) is 0 Å². The Balaban J connectivity index is 1.66. The molecule has 0 heterocycles. The molecule has 7 heteroatoms. The summed E-state index contributed by atoms with van der Waals surface area (Å²) < 4.78 is 5.08. The van der Waals surface area contributed by atoms with Crippen LogP contribution >= 0.6 is 0 Å². The van der Waals surface area contributed by atoms with Crippen molar-refractivity contribution in [2.75, 3.05) is 7.11 Å². The minimum atomic E-state index is -1.71. The van der Waals surface area contributed by atoms with Crippen LogP contribution < -0.4 is 10.6 Å². The summed E-state index contributed by atoms with van der Waals surface area (Å²) in [6.45, 7) is 0. The second kappa shape index (κ2) is 13.2. The summed E-state index contributed by atoms with van der Waals surface area (Å²) in [4.78, 5) is 39.6. The number of carbonyl (C=O) groups is 3. The van der Waals surface area contributed by atoms with E-state index in [1.165, 1.54) is 7.11 Å². The lowest BCUT2D eigenvalue weighted by Crippen LogP contribution is -2.52. The van der Waals surface area contributed by atoms with Gasteiger partial charge in [-0.15, -0.1) is 0 Å². The molecule has 0 bridgehead atoms. The Morgan fingerprint density at radius 3 is 1.54 bits per heavy atom. The lowest BCUT2D eigenvalue weighted by atomic mass is 9.84. The number of carbonyl (C=O) groups excluding carboxylic acids is 3. The summed E-state index contributed by atoms with van der Waals surface area (Å²) in [5.74, 6) is -2.54. The molecule has 0 aliphatic heterocycles. The van der Waals surface area contributed by atoms with Crippen molar-refractivity contribution >= 4 is 17.8 Å². The van der Waals surface area contributed by atoms with E-state index in [9.17, 15) is 19.5 Å². The minimum Gasteiger partial charge on any atom is -0.467 e. The molecule has 4 aromatic rings. The van der Waals surface area contributed by atoms with E-state index in [1.807, 2.05) is 60.7 Å². The lowest BCUT2D eigenvalue weighted by Gasteiger charge is -2.30. The van der Waals surface area contributed by atoms with Gasteiger partial charge in [0.1, 0.15) is 6.04 Å². The molecule has 3 atom stereocenters. The van der Waals surface area contributed by atoms with Crippen molar-refractivity contribution in [1.29, 1.82) is 0 Å². The highest BCUT2D eigenvalue weighted by Gasteiger charge is 2.37. The van der Waals surface area contributed by atoms with Gasteiger partial charge >= 0.3 is 5.97 Å². The fourth-order valence-electron chi connectivity index (χ4n) is 4.51. The second-order valence-corrected chi connectivity index (χ2v) is 8.98. The molecule has 198 valence electrons. The average molecular weight is 523 g/mol. The molecule has 4 rings (SSSR count). The number of amides is 2. The van der Waals surface area contributed by atoms with Crippen LogP contribution in [0.3, 0.4) is 0 Å². The molecule has 39 heavy (non-hydrogen) atoms. The van der Waals surface area contributed by atoms with Crippen molar-refractivity contribution < 1.29 is 24.2 Å². The zero-order valence-corrected chi connectivity index (χ0v) is 21.4. The van der Waals surface area contributed by atoms with Crippen molar-refractivity contribution in [2.24, 2.45) is 0 Å². The van der Waals surface area contributed by atoms with Crippen LogP contribution in [0.1, 0.15) is 39.0 Å². The zero-order valence-electron chi connectivity index (χ0n) is 21.4. The maximum Gasteiger partial charge on any atom is 0.329 e. The third-order valence-corrected chi connectivity index (χ3v) is 6.47. The number of nitrogens with one attached hydrogen (secondary N) is 2. The Hall–Kier alpha value is -4.75. The molecule has 4 aromatic carbocycles. The Bertz CT molecular complexity index is 1330. The molecule has 0 saturated carbocycles. The third-order valence-electron chi connectivity index (χ3n) is 6.47. The Morgan fingerprint density at radius 1 is 0.641 bits per heavy atom. The van der Waals surface area contributed by atoms with Gasteiger partial charge in [-0.3, -0.25) is 9.59 Å². The van der Waals surface area contributed by atoms with E-state index in [1.54, 1.807) is 60.7 Å². The first-order valence-corrected chi connectivity index (χ1v) is 12.6. The molecule has 0 aromatic heterocycles. The van der Waals surface area contributed by atoms with Crippen LogP contribution in [-0.2, 0) is 14.3 Å². The minimum absolute atomic E-state index is 0.381. The molecular weight excluding hydrogens is 492 g/mol. The highest BCUT2D eigenvalue weighted by Crippen LogP contribution is 2.29. The number of hydrogen-bond donors (Lipinski definition) is 3. The van der Waals surface area contributed by atoms with Crippen molar-refractivity contribution in [1.82, 2.24) is 10.6 Å². The second-order valence-electron chi connectivity index (χ2n) is 8.98. The van der Waals surface area contributed by atoms with Gasteiger partial charge in [0.05, 0.1) is 13.2 Å². The smallest absolute Gasteiger partial charge is 0.329 e. The highest BCUT2D eigenvalue weighted by atomic mass is 16.5. The summed E-state index contributed by atoms with van der Waals surface area (Å²) in [6, 6.07) is 33.6. The number of aliphatic hydroxyl groups excluding tert-OH is 1. The Labute approximate surface area is 227 Å². The van der Waals surface area contributed by atoms with E-state index in [-0.39, 0.29) is 0 Å². The lowest BCUT2D eigenvalue weighted by molar-refractivity contribution is -0.147. The average Bonchev–Trinajstić information content (AvgIpc) is 3.00. The van der Waals surface area contributed by atoms with E-state index in [2.05, 4.69) is 10.6 Å². The topological polar surface area (TPSA) is 105 Å². The number of methoxy groups -OCH3 is 1. The molecular formula is C32H30N2O5. The molecule has 0 aliphatic carbocycles. The Morgan fingerprint density at radius 2 is 1.08 bits per heavy atom. The van der Waals surface area contributed by atoms with Gasteiger partial charge in [-0.25, -0.2) is 4.79 Å². The van der Waals surface area contributed by atoms with E-state index in [0.717, 1.165) is 11.1 Å². The van der Waals surface area contributed by atoms with Gasteiger partial charge in [0, 0.05) is 11.5 Å². The molecule has 0 saturated heterocycles. The molecule has 0 spiro atoms. The van der Waals surface area contributed by atoms with Gasteiger partial charge in [-0.2, -0.15) is 0 Å². The monoisotopic (exact) mass is 522 g/mol. The maximum atomic E-state index is 13.6. The summed E-state index contributed by atoms with van der Waals surface area (Å²) >= 11 is 0. The Kier molecular flexibility index (Phi) is 9.21. The van der Waals surface area contributed by atoms with Crippen molar-refractivity contribution in [3.63, 3.8) is 0 Å². The largest absolute Gasteiger partial charge is 0.467 e. The van der Waals surface area contributed by atoms with Crippen molar-refractivity contribution in [2.45, 2.75) is 24.1 Å². The van der Waals surface area contributed by atoms with Crippen LogP contribution in [0.25, 0.3) is 0 Å². The van der Waals surface area contributed by atoms with Gasteiger partial charge in [0.15, 0.2) is 6.10 Å². The number of rotatable bonds is 10. The predicted octanol–water partition coefficient (Wildman–Crippen LogP) is 4.01. The summed E-state index contributed by atoms with van der Waals surface area (Å²) in [7, 11) is 1.25. The van der Waals surface area contributed by atoms with Crippen LogP contribution in [0, 0.1) is 0 Å². The van der Waals surface area contributed by atoms with Crippen LogP contribution in [0.5, 0.6) is 0 Å². The summed E-state index contributed by atoms with van der Waals surface area (Å²) in [6.07, 6.45) is -1.71. The molecule has 2 amide bonds. The fraction of sp³-hybridized carbons (Fsp3) is 0.156. The van der Waals surface area contributed by atoms with E-state index in [0.29, 0.717) is 11.1 Å². The molecule has 7 nitrogen and oxygen atoms in total. The van der Waals surface area contributed by atoms with Crippen LogP contribution in [0.4, 0.5) is 0 Å². The van der Waals surface area contributed by atoms with E-state index in [4.69, 9.17) is 4.74 Å². The van der Waals surface area contributed by atoms with Crippen molar-refractivity contribution in [3.05, 3.63) is 144 Å². The van der Waals surface area contributed by atoms with Gasteiger partial charge < -0.3 is 20.5 Å². The summed E-state index contributed by atoms with van der Waals surface area (Å²) in [5, 5.41) is 16.8. The van der Waals surface area contributed by atoms with Gasteiger partial charge in [0.2, 0.25) is 0 Å². The SMILES string of the molecule is COC(=O)[C@H](NC(=O)[C@H](O)[C@@H](NC(=O)c1ccccc1)c1ccccc1)C(c1ccccc1)c1ccccc1. The molecule has 0 fully saturated rings. The number of esters is 1. The predicted molar refractivity (Wildman–Crippen MR) is 148 cm³/mol. The number of aliphatic hydroxyl groups is 1. The van der Waals surface area contributed by atoms with Gasteiger partial charge in [-0.05, 0) is 28.8 Å². The highest BCUT2D eigenvalue weighted by molar-refractivity contribution is 5.95. The first kappa shape index (κ1) is 27.3. The third kappa shape index (κ3) is 6.77. The molecule has 3 N–H and O–H groups in total. The van der Waals surface area contributed by atoms with Crippen molar-refractivity contribution in [3.8, 4) is 0 Å². The van der Waals surface area contributed by atoms with Crippen LogP contribution in [-0.4, -0.2) is 42.1 Å². The molecule has 0 radical (unpaired) electrons. The maximum absolute atomic E-state index is 13.6. The van der Waals surface area contributed by atoms with Crippen LogP contribution in [0.15, 0.2) is 121 Å². The zero-order chi connectivity index (χ0) is 27.6. The molecule has 0 unspecified atom stereocenters.